The molecule has 1 aromatic carbocycles. The second kappa shape index (κ2) is 5.08. The Balaban J connectivity index is 2.46. The van der Waals surface area contributed by atoms with Gasteiger partial charge in [-0.25, -0.2) is 22.6 Å². The van der Waals surface area contributed by atoms with Crippen LogP contribution in [0.5, 0.6) is 0 Å². The maximum atomic E-state index is 11.4. The summed E-state index contributed by atoms with van der Waals surface area (Å²) in [6.07, 6.45) is 1.07. The first-order valence-corrected chi connectivity index (χ1v) is 8.03. The van der Waals surface area contributed by atoms with Crippen LogP contribution in [0, 0.1) is 0 Å². The van der Waals surface area contributed by atoms with Crippen molar-refractivity contribution in [1.82, 2.24) is 19.7 Å². The van der Waals surface area contributed by atoms with Crippen LogP contribution in [0.15, 0.2) is 18.2 Å². The number of carboxylic acids is 1. The average Bonchev–Trinajstić information content (AvgIpc) is 2.68. The summed E-state index contributed by atoms with van der Waals surface area (Å²) < 4.78 is 26.6. The predicted molar refractivity (Wildman–Crippen MR) is 76.5 cm³/mol. The van der Waals surface area contributed by atoms with Crippen molar-refractivity contribution in [1.29, 1.82) is 0 Å². The molecule has 9 heteroatoms. The number of nitrogens with zero attached hydrogens (tertiary/aromatic N) is 3. The second-order valence-electron chi connectivity index (χ2n) is 5.48. The third-order valence-electron chi connectivity index (χ3n) is 2.77. The summed E-state index contributed by atoms with van der Waals surface area (Å²) in [4.78, 5) is 11.3. The Kier molecular flexibility index (Phi) is 3.72. The summed E-state index contributed by atoms with van der Waals surface area (Å²) >= 11 is 0. The summed E-state index contributed by atoms with van der Waals surface area (Å²) in [5.74, 6) is -1.09. The van der Waals surface area contributed by atoms with E-state index in [1.165, 1.54) is 10.7 Å². The molecule has 0 aliphatic carbocycles. The first-order chi connectivity index (χ1) is 9.59. The molecule has 8 nitrogen and oxygen atoms in total. The number of sulfonamides is 1. The normalized spacial score (nSPS) is 12.7. The predicted octanol–water partition coefficient (Wildman–Crippen LogP) is 0.457. The van der Waals surface area contributed by atoms with Gasteiger partial charge in [0.05, 0.1) is 18.4 Å². The summed E-state index contributed by atoms with van der Waals surface area (Å²) in [5.41, 5.74) is 0.0610. The third-order valence-corrected chi connectivity index (χ3v) is 3.69. The standard InChI is InChI=1S/C12H16N4O4S/c1-12(2,14-21(3,19)20)7-16-10-8(11(17)18)5-4-6-9(10)13-15-16/h4-6,14H,7H2,1-3H3,(H,17,18). The van der Waals surface area contributed by atoms with Crippen LogP contribution in [0.25, 0.3) is 11.0 Å². The number of carboxylic acid groups (broad SMARTS) is 1. The maximum Gasteiger partial charge on any atom is 0.337 e. The van der Waals surface area contributed by atoms with Gasteiger partial charge in [-0.1, -0.05) is 11.3 Å². The highest BCUT2D eigenvalue weighted by Crippen LogP contribution is 2.19. The smallest absolute Gasteiger partial charge is 0.337 e. The first kappa shape index (κ1) is 15.4. The van der Waals surface area contributed by atoms with Gasteiger partial charge in [-0.05, 0) is 26.0 Å². The lowest BCUT2D eigenvalue weighted by atomic mass is 10.1. The van der Waals surface area contributed by atoms with E-state index in [1.807, 2.05) is 0 Å². The van der Waals surface area contributed by atoms with Gasteiger partial charge >= 0.3 is 5.97 Å². The van der Waals surface area contributed by atoms with Gasteiger partial charge in [-0.15, -0.1) is 5.10 Å². The van der Waals surface area contributed by atoms with Crippen LogP contribution in [0.1, 0.15) is 24.2 Å². The molecule has 0 bridgehead atoms. The van der Waals surface area contributed by atoms with Crippen molar-refractivity contribution in [2.24, 2.45) is 0 Å². The van der Waals surface area contributed by atoms with E-state index >= 15 is 0 Å². The number of benzene rings is 1. The van der Waals surface area contributed by atoms with E-state index in [9.17, 15) is 18.3 Å². The van der Waals surface area contributed by atoms with Gasteiger partial charge in [0, 0.05) is 5.54 Å². The molecule has 0 amide bonds. The molecule has 0 aliphatic heterocycles. The van der Waals surface area contributed by atoms with Gasteiger partial charge < -0.3 is 5.11 Å². The molecule has 0 atom stereocenters. The van der Waals surface area contributed by atoms with Gasteiger partial charge in [-0.2, -0.15) is 0 Å². The molecule has 2 rings (SSSR count). The Labute approximate surface area is 121 Å². The molecule has 0 saturated carbocycles. The fourth-order valence-electron chi connectivity index (χ4n) is 2.22. The van der Waals surface area contributed by atoms with E-state index in [4.69, 9.17) is 0 Å². The summed E-state index contributed by atoms with van der Waals surface area (Å²) in [6.45, 7) is 3.52. The topological polar surface area (TPSA) is 114 Å². The number of rotatable bonds is 5. The van der Waals surface area contributed by atoms with Gasteiger partial charge in [0.2, 0.25) is 10.0 Å². The quantitative estimate of drug-likeness (QED) is 0.829. The maximum absolute atomic E-state index is 11.4. The Hall–Kier alpha value is -2.00. The van der Waals surface area contributed by atoms with Crippen molar-refractivity contribution < 1.29 is 18.3 Å². The van der Waals surface area contributed by atoms with E-state index in [-0.39, 0.29) is 12.1 Å². The molecule has 0 aliphatic rings. The van der Waals surface area contributed by atoms with Crippen molar-refractivity contribution in [3.63, 3.8) is 0 Å². The molecule has 0 spiro atoms. The molecule has 114 valence electrons. The molecule has 0 saturated heterocycles. The number of hydrogen-bond donors (Lipinski definition) is 2. The minimum atomic E-state index is -3.39. The van der Waals surface area contributed by atoms with E-state index in [2.05, 4.69) is 15.0 Å². The number of aromatic carboxylic acids is 1. The number of para-hydroxylation sites is 1. The number of carbonyl (C=O) groups is 1. The highest BCUT2D eigenvalue weighted by Gasteiger charge is 2.25. The number of hydrogen-bond acceptors (Lipinski definition) is 5. The average molecular weight is 312 g/mol. The van der Waals surface area contributed by atoms with E-state index in [1.54, 1.807) is 26.0 Å². The van der Waals surface area contributed by atoms with Gasteiger partial charge in [0.15, 0.2) is 0 Å². The number of aromatic nitrogens is 3. The van der Waals surface area contributed by atoms with Gasteiger partial charge in [-0.3, -0.25) is 0 Å². The van der Waals surface area contributed by atoms with Crippen LogP contribution in [0.2, 0.25) is 0 Å². The summed E-state index contributed by atoms with van der Waals surface area (Å²) in [5, 5.41) is 17.1. The monoisotopic (exact) mass is 312 g/mol. The van der Waals surface area contributed by atoms with E-state index < -0.39 is 21.5 Å². The van der Waals surface area contributed by atoms with Crippen LogP contribution >= 0.6 is 0 Å². The SMILES string of the molecule is CC(C)(Cn1nnc2cccc(C(=O)O)c21)NS(C)(=O)=O. The molecule has 0 unspecified atom stereocenters. The van der Waals surface area contributed by atoms with Crippen molar-refractivity contribution in [3.05, 3.63) is 23.8 Å². The minimum absolute atomic E-state index is 0.0765. The van der Waals surface area contributed by atoms with Crippen molar-refractivity contribution >= 4 is 27.0 Å². The number of fused-ring (bicyclic) bond motifs is 1. The third kappa shape index (κ3) is 3.56. The van der Waals surface area contributed by atoms with Crippen molar-refractivity contribution in [2.75, 3.05) is 6.26 Å². The van der Waals surface area contributed by atoms with Crippen LogP contribution in [-0.4, -0.2) is 46.3 Å². The minimum Gasteiger partial charge on any atom is -0.478 e. The largest absolute Gasteiger partial charge is 0.478 e. The Bertz CT molecular complexity index is 795. The lowest BCUT2D eigenvalue weighted by molar-refractivity contribution is 0.0698. The molecule has 1 heterocycles. The molecule has 21 heavy (non-hydrogen) atoms. The summed E-state index contributed by atoms with van der Waals surface area (Å²) in [7, 11) is -3.39. The number of nitrogens with one attached hydrogen (secondary N) is 1. The van der Waals surface area contributed by atoms with Crippen LogP contribution < -0.4 is 4.72 Å². The fourth-order valence-corrected chi connectivity index (χ4v) is 3.29. The Morgan fingerprint density at radius 1 is 1.43 bits per heavy atom. The lowest BCUT2D eigenvalue weighted by Crippen LogP contribution is -2.46. The van der Waals surface area contributed by atoms with Crippen molar-refractivity contribution in [3.8, 4) is 0 Å². The van der Waals surface area contributed by atoms with Gasteiger partial charge in [0.25, 0.3) is 0 Å². The lowest BCUT2D eigenvalue weighted by Gasteiger charge is -2.24. The molecular formula is C12H16N4O4S. The highest BCUT2D eigenvalue weighted by molar-refractivity contribution is 7.88. The first-order valence-electron chi connectivity index (χ1n) is 6.13. The second-order valence-corrected chi connectivity index (χ2v) is 7.23. The van der Waals surface area contributed by atoms with E-state index in [0.29, 0.717) is 11.0 Å². The fraction of sp³-hybridized carbons (Fsp3) is 0.417. The molecule has 0 radical (unpaired) electrons. The molecule has 2 aromatic rings. The molecule has 1 aromatic heterocycles. The summed E-state index contributed by atoms with van der Waals surface area (Å²) in [6, 6.07) is 4.70. The zero-order valence-electron chi connectivity index (χ0n) is 11.9. The zero-order chi connectivity index (χ0) is 15.8. The van der Waals surface area contributed by atoms with Crippen LogP contribution in [0.4, 0.5) is 0 Å². The van der Waals surface area contributed by atoms with Crippen molar-refractivity contribution in [2.45, 2.75) is 25.9 Å². The van der Waals surface area contributed by atoms with E-state index in [0.717, 1.165) is 6.26 Å². The van der Waals surface area contributed by atoms with Crippen LogP contribution in [-0.2, 0) is 16.6 Å². The van der Waals surface area contributed by atoms with Gasteiger partial charge in [0.1, 0.15) is 11.0 Å². The van der Waals surface area contributed by atoms with Crippen LogP contribution in [0.3, 0.4) is 0 Å². The molecule has 2 N–H and O–H groups in total. The molecular weight excluding hydrogens is 296 g/mol. The Morgan fingerprint density at radius 3 is 2.67 bits per heavy atom. The Morgan fingerprint density at radius 2 is 2.10 bits per heavy atom. The highest BCUT2D eigenvalue weighted by atomic mass is 32.2. The zero-order valence-corrected chi connectivity index (χ0v) is 12.7. The molecule has 0 fully saturated rings.